The van der Waals surface area contributed by atoms with Gasteiger partial charge in [-0.1, -0.05) is 6.07 Å². The number of carbonyl (C=O) groups is 1. The van der Waals surface area contributed by atoms with Gasteiger partial charge in [0.15, 0.2) is 11.5 Å². The molecule has 1 N–H and O–H groups in total. The SMILES string of the molecule is CCS(=O)(=O)NC(=O)c1ccc(N(Cc2cccnc2)c2ccc(OC)c(OCC3CC3)c2)cc1. The van der Waals surface area contributed by atoms with Crippen LogP contribution in [0.4, 0.5) is 11.4 Å². The largest absolute Gasteiger partial charge is 0.493 e. The van der Waals surface area contributed by atoms with E-state index >= 15 is 0 Å². The molecule has 1 aliphatic carbocycles. The van der Waals surface area contributed by atoms with E-state index in [1.165, 1.54) is 19.8 Å². The van der Waals surface area contributed by atoms with Crippen molar-refractivity contribution in [3.63, 3.8) is 0 Å². The second kappa shape index (κ2) is 10.8. The van der Waals surface area contributed by atoms with Gasteiger partial charge >= 0.3 is 0 Å². The smallest absolute Gasteiger partial charge is 0.264 e. The van der Waals surface area contributed by atoms with E-state index < -0.39 is 15.9 Å². The monoisotopic (exact) mass is 495 g/mol. The van der Waals surface area contributed by atoms with Crippen LogP contribution in [0.3, 0.4) is 0 Å². The second-order valence-corrected chi connectivity index (χ2v) is 10.4. The number of nitrogens with zero attached hydrogens (tertiary/aromatic N) is 2. The minimum absolute atomic E-state index is 0.168. The topological polar surface area (TPSA) is 97.8 Å². The fourth-order valence-electron chi connectivity index (χ4n) is 3.51. The molecule has 0 bridgehead atoms. The highest BCUT2D eigenvalue weighted by Crippen LogP contribution is 2.37. The Kier molecular flexibility index (Phi) is 7.55. The van der Waals surface area contributed by atoms with E-state index in [1.807, 2.05) is 30.3 Å². The summed E-state index contributed by atoms with van der Waals surface area (Å²) in [7, 11) is -2.02. The number of aromatic nitrogens is 1. The Labute approximate surface area is 206 Å². The number of carbonyl (C=O) groups excluding carboxylic acids is 1. The Morgan fingerprint density at radius 2 is 1.83 bits per heavy atom. The number of pyridine rings is 1. The van der Waals surface area contributed by atoms with Crippen molar-refractivity contribution in [3.8, 4) is 11.5 Å². The summed E-state index contributed by atoms with van der Waals surface area (Å²) in [6.45, 7) is 2.66. The van der Waals surface area contributed by atoms with Gasteiger partial charge in [0, 0.05) is 41.9 Å². The van der Waals surface area contributed by atoms with Gasteiger partial charge in [-0.2, -0.15) is 0 Å². The molecule has 9 heteroatoms. The van der Waals surface area contributed by atoms with Crippen molar-refractivity contribution in [1.29, 1.82) is 0 Å². The molecule has 4 rings (SSSR count). The van der Waals surface area contributed by atoms with Crippen LogP contribution in [0.25, 0.3) is 0 Å². The number of ether oxygens (including phenoxy) is 2. The van der Waals surface area contributed by atoms with Gasteiger partial charge in [0.1, 0.15) is 0 Å². The molecule has 8 nitrogen and oxygen atoms in total. The van der Waals surface area contributed by atoms with Crippen molar-refractivity contribution >= 4 is 27.3 Å². The fraction of sp³-hybridized carbons (Fsp3) is 0.308. The minimum atomic E-state index is -3.64. The molecule has 2 aromatic carbocycles. The van der Waals surface area contributed by atoms with Gasteiger partial charge in [0.25, 0.3) is 5.91 Å². The molecular weight excluding hydrogens is 466 g/mol. The Morgan fingerprint density at radius 3 is 2.46 bits per heavy atom. The van der Waals surface area contributed by atoms with E-state index in [9.17, 15) is 13.2 Å². The first-order valence-electron chi connectivity index (χ1n) is 11.5. The Balaban J connectivity index is 1.64. The Hall–Kier alpha value is -3.59. The van der Waals surface area contributed by atoms with Gasteiger partial charge in [-0.25, -0.2) is 13.1 Å². The van der Waals surface area contributed by atoms with Gasteiger partial charge in [0.2, 0.25) is 10.0 Å². The van der Waals surface area contributed by atoms with E-state index in [4.69, 9.17) is 9.47 Å². The van der Waals surface area contributed by atoms with Crippen LogP contribution in [-0.4, -0.2) is 38.8 Å². The average Bonchev–Trinajstić information content (AvgIpc) is 3.71. The summed E-state index contributed by atoms with van der Waals surface area (Å²) in [5.74, 6) is 1.12. The summed E-state index contributed by atoms with van der Waals surface area (Å²) in [5.41, 5.74) is 2.96. The molecule has 0 radical (unpaired) electrons. The number of hydrogen-bond acceptors (Lipinski definition) is 7. The summed E-state index contributed by atoms with van der Waals surface area (Å²) in [6.07, 6.45) is 5.91. The number of methoxy groups -OCH3 is 1. The van der Waals surface area contributed by atoms with Crippen LogP contribution in [-0.2, 0) is 16.6 Å². The summed E-state index contributed by atoms with van der Waals surface area (Å²) in [4.78, 5) is 18.7. The van der Waals surface area contributed by atoms with Crippen LogP contribution >= 0.6 is 0 Å². The fourth-order valence-corrected chi connectivity index (χ4v) is 4.05. The van der Waals surface area contributed by atoms with Crippen LogP contribution in [0.1, 0.15) is 35.7 Å². The first kappa shape index (κ1) is 24.5. The third-order valence-electron chi connectivity index (χ3n) is 5.76. The van der Waals surface area contributed by atoms with Crippen molar-refractivity contribution < 1.29 is 22.7 Å². The molecule has 1 saturated carbocycles. The zero-order valence-electron chi connectivity index (χ0n) is 19.8. The molecule has 0 unspecified atom stereocenters. The second-order valence-electron chi connectivity index (χ2n) is 8.42. The van der Waals surface area contributed by atoms with E-state index in [-0.39, 0.29) is 11.3 Å². The molecule has 1 aromatic heterocycles. The predicted molar refractivity (Wildman–Crippen MR) is 135 cm³/mol. The normalized spacial score (nSPS) is 13.2. The molecule has 1 aliphatic rings. The molecule has 184 valence electrons. The third kappa shape index (κ3) is 6.51. The molecule has 0 aliphatic heterocycles. The standard InChI is InChI=1S/C26H29N3O5S/c1-3-35(31,32)28-26(30)21-8-10-22(11-9-21)29(17-20-5-4-14-27-16-20)23-12-13-24(33-2)25(15-23)34-18-19-6-7-19/h4-5,8-16,19H,3,6-7,17-18H2,1-2H3,(H,28,30). The predicted octanol–water partition coefficient (Wildman–Crippen LogP) is 4.30. The minimum Gasteiger partial charge on any atom is -0.493 e. The lowest BCUT2D eigenvalue weighted by Crippen LogP contribution is -2.31. The van der Waals surface area contributed by atoms with Crippen molar-refractivity contribution in [2.45, 2.75) is 26.3 Å². The Morgan fingerprint density at radius 1 is 1.09 bits per heavy atom. The quantitative estimate of drug-likeness (QED) is 0.424. The highest BCUT2D eigenvalue weighted by atomic mass is 32.2. The number of sulfonamides is 1. The third-order valence-corrected chi connectivity index (χ3v) is 7.02. The molecule has 0 atom stereocenters. The van der Waals surface area contributed by atoms with E-state index in [0.29, 0.717) is 30.6 Å². The molecule has 0 saturated heterocycles. The zero-order valence-corrected chi connectivity index (χ0v) is 20.6. The lowest BCUT2D eigenvalue weighted by molar-refractivity contribution is 0.0981. The zero-order chi connectivity index (χ0) is 24.8. The highest BCUT2D eigenvalue weighted by molar-refractivity contribution is 7.90. The maximum Gasteiger partial charge on any atom is 0.264 e. The maximum absolute atomic E-state index is 12.4. The number of nitrogens with one attached hydrogen (secondary N) is 1. The van der Waals surface area contributed by atoms with Crippen LogP contribution in [0, 0.1) is 5.92 Å². The molecule has 3 aromatic rings. The number of hydrogen-bond donors (Lipinski definition) is 1. The molecular formula is C26H29N3O5S. The van der Waals surface area contributed by atoms with Crippen molar-refractivity contribution in [2.75, 3.05) is 24.4 Å². The lowest BCUT2D eigenvalue weighted by Gasteiger charge is -2.26. The van der Waals surface area contributed by atoms with Crippen LogP contribution < -0.4 is 19.1 Å². The average molecular weight is 496 g/mol. The summed E-state index contributed by atoms with van der Waals surface area (Å²) in [6, 6.07) is 16.5. The molecule has 1 heterocycles. The number of anilines is 2. The Bertz CT molecular complexity index is 1260. The maximum atomic E-state index is 12.4. The van der Waals surface area contributed by atoms with Gasteiger partial charge in [-0.15, -0.1) is 0 Å². The molecule has 35 heavy (non-hydrogen) atoms. The van der Waals surface area contributed by atoms with Crippen molar-refractivity contribution in [1.82, 2.24) is 9.71 Å². The first-order chi connectivity index (χ1) is 16.9. The first-order valence-corrected chi connectivity index (χ1v) is 13.2. The van der Waals surface area contributed by atoms with Gasteiger partial charge < -0.3 is 14.4 Å². The molecule has 1 amide bonds. The van der Waals surface area contributed by atoms with E-state index in [2.05, 4.69) is 14.6 Å². The van der Waals surface area contributed by atoms with Gasteiger partial charge in [0.05, 0.1) is 19.5 Å². The summed E-state index contributed by atoms with van der Waals surface area (Å²) < 4.78 is 37.2. The number of rotatable bonds is 11. The van der Waals surface area contributed by atoms with Crippen LogP contribution in [0.2, 0.25) is 0 Å². The summed E-state index contributed by atoms with van der Waals surface area (Å²) in [5, 5.41) is 0. The number of benzene rings is 2. The lowest BCUT2D eigenvalue weighted by atomic mass is 10.1. The molecule has 1 fully saturated rings. The van der Waals surface area contributed by atoms with Crippen molar-refractivity contribution in [2.24, 2.45) is 5.92 Å². The molecule has 0 spiro atoms. The highest BCUT2D eigenvalue weighted by Gasteiger charge is 2.23. The summed E-state index contributed by atoms with van der Waals surface area (Å²) >= 11 is 0. The number of amides is 1. The van der Waals surface area contributed by atoms with E-state index in [0.717, 1.165) is 16.9 Å². The van der Waals surface area contributed by atoms with Crippen molar-refractivity contribution in [3.05, 3.63) is 78.1 Å². The van der Waals surface area contributed by atoms with E-state index in [1.54, 1.807) is 43.8 Å². The van der Waals surface area contributed by atoms with Crippen LogP contribution in [0.15, 0.2) is 67.0 Å². The van der Waals surface area contributed by atoms with Crippen LogP contribution in [0.5, 0.6) is 11.5 Å². The van der Waals surface area contributed by atoms with Gasteiger partial charge in [-0.05, 0) is 73.7 Å². The van der Waals surface area contributed by atoms with Gasteiger partial charge in [-0.3, -0.25) is 9.78 Å².